The van der Waals surface area contributed by atoms with Gasteiger partial charge in [-0.25, -0.2) is 48.9 Å². The van der Waals surface area contributed by atoms with E-state index in [1.165, 1.54) is 48.6 Å². The van der Waals surface area contributed by atoms with Gasteiger partial charge in [-0.3, -0.25) is 0 Å². The summed E-state index contributed by atoms with van der Waals surface area (Å²) in [5.41, 5.74) is -1.02. The van der Waals surface area contributed by atoms with Crippen LogP contribution in [0.2, 0.25) is 0 Å². The van der Waals surface area contributed by atoms with Crippen LogP contribution in [0.25, 0.3) is 90.8 Å². The lowest BCUT2D eigenvalue weighted by Crippen LogP contribution is -2.05. The van der Waals surface area contributed by atoms with E-state index in [9.17, 15) is 26.3 Å². The Morgan fingerprint density at radius 3 is 1.20 bits per heavy atom. The number of hydrogen-bond donors (Lipinski definition) is 3. The molecule has 4 aromatic heterocycles. The van der Waals surface area contributed by atoms with E-state index < -0.39 is 80.4 Å². The van der Waals surface area contributed by atoms with Gasteiger partial charge in [-0.1, -0.05) is 66.7 Å². The minimum absolute atomic E-state index is 0.0202. The smallest absolute Gasteiger partial charge is 0.200 e. The van der Waals surface area contributed by atoms with Gasteiger partial charge in [-0.15, -0.1) is 0 Å². The van der Waals surface area contributed by atoms with Crippen molar-refractivity contribution in [2.45, 2.75) is 0 Å². The van der Waals surface area contributed by atoms with Gasteiger partial charge in [0.1, 0.15) is 0 Å². The Kier molecular flexibility index (Phi) is 8.99. The van der Waals surface area contributed by atoms with Crippen LogP contribution in [-0.2, 0) is 0 Å². The molecule has 0 fully saturated rings. The largest absolute Gasteiger partial charge is 0.354 e. The number of halogens is 10. The van der Waals surface area contributed by atoms with Crippen molar-refractivity contribution in [2.75, 3.05) is 0 Å². The molecule has 0 amide bonds. The number of nitrogens with zero attached hydrogens (tertiary/aromatic N) is 1. The molecular weight excluding hydrogens is 787 g/mol. The summed E-state index contributed by atoms with van der Waals surface area (Å²) in [6.45, 7) is 0. The summed E-state index contributed by atoms with van der Waals surface area (Å²) in [5.74, 6) is -21.9. The van der Waals surface area contributed by atoms with Gasteiger partial charge >= 0.3 is 0 Å². The fourth-order valence-electron chi connectivity index (χ4n) is 7.15. The number of fused-ring (bicyclic) bond motifs is 9. The summed E-state index contributed by atoms with van der Waals surface area (Å²) in [7, 11) is 0. The van der Waals surface area contributed by atoms with Gasteiger partial charge in [0.15, 0.2) is 46.5 Å². The second-order valence-corrected chi connectivity index (χ2v) is 13.5. The zero-order chi connectivity index (χ0) is 41.3. The molecule has 8 bridgehead atoms. The Hall–Kier alpha value is -7.35. The minimum atomic E-state index is -2.36. The van der Waals surface area contributed by atoms with E-state index >= 15 is 17.6 Å². The number of H-pyrrole nitrogens is 3. The Bertz CT molecular complexity index is 3160. The maximum atomic E-state index is 15.6. The van der Waals surface area contributed by atoms with E-state index in [-0.39, 0.29) is 44.5 Å². The molecule has 0 atom stereocenters. The molecule has 0 spiro atoms. The quantitative estimate of drug-likeness (QED) is 0.0690. The van der Waals surface area contributed by atoms with Crippen molar-refractivity contribution in [1.82, 2.24) is 19.9 Å². The average Bonchev–Trinajstić information content (AvgIpc) is 4.10. The summed E-state index contributed by atoms with van der Waals surface area (Å²) < 4.78 is 150. The van der Waals surface area contributed by atoms with Gasteiger partial charge in [-0.05, 0) is 65.2 Å². The predicted molar refractivity (Wildman–Crippen MR) is 206 cm³/mol. The molecule has 0 aliphatic carbocycles. The molecule has 1 aliphatic heterocycles. The molecule has 8 aromatic rings. The Morgan fingerprint density at radius 2 is 0.695 bits per heavy atom. The lowest BCUT2D eigenvalue weighted by Gasteiger charge is -2.10. The third kappa shape index (κ3) is 6.15. The van der Waals surface area contributed by atoms with Crippen molar-refractivity contribution < 1.29 is 43.9 Å². The summed E-state index contributed by atoms with van der Waals surface area (Å²) in [5, 5.41) is 0. The van der Waals surface area contributed by atoms with Gasteiger partial charge in [0.2, 0.25) is 11.6 Å². The van der Waals surface area contributed by atoms with Gasteiger partial charge in [0, 0.05) is 44.3 Å². The number of nitrogens with one attached hydrogen (secondary N) is 3. The first kappa shape index (κ1) is 37.2. The molecule has 9 rings (SSSR count). The Balaban J connectivity index is 1.41. The fraction of sp³-hybridized carbons (Fsp3) is 0. The maximum Gasteiger partial charge on any atom is 0.200 e. The molecule has 59 heavy (non-hydrogen) atoms. The van der Waals surface area contributed by atoms with Crippen LogP contribution in [0.1, 0.15) is 22.5 Å². The molecule has 292 valence electrons. The maximum absolute atomic E-state index is 15.6. The lowest BCUT2D eigenvalue weighted by atomic mass is 10.0. The van der Waals surface area contributed by atoms with Gasteiger partial charge in [0.05, 0.1) is 28.0 Å². The highest BCUT2D eigenvalue weighted by atomic mass is 19.2. The van der Waals surface area contributed by atoms with E-state index in [2.05, 4.69) is 19.9 Å². The first-order valence-corrected chi connectivity index (χ1v) is 17.6. The van der Waals surface area contributed by atoms with Crippen LogP contribution in [-0.4, -0.2) is 19.9 Å². The normalized spacial score (nSPS) is 12.1. The lowest BCUT2D eigenvalue weighted by molar-refractivity contribution is 0.381. The minimum Gasteiger partial charge on any atom is -0.354 e. The first-order valence-electron chi connectivity index (χ1n) is 17.6. The van der Waals surface area contributed by atoms with Crippen LogP contribution < -0.4 is 0 Å². The second-order valence-electron chi connectivity index (χ2n) is 13.5. The second kappa shape index (κ2) is 14.2. The van der Waals surface area contributed by atoms with E-state index in [4.69, 9.17) is 0 Å². The Morgan fingerprint density at radius 1 is 0.322 bits per heavy atom. The number of aromatic nitrogens is 4. The zero-order valence-electron chi connectivity index (χ0n) is 29.7. The summed E-state index contributed by atoms with van der Waals surface area (Å²) in [6, 6.07) is 24.8. The molecule has 0 unspecified atom stereocenters. The molecular formula is C45H22F10N4. The molecule has 0 saturated carbocycles. The molecule has 5 heterocycles. The van der Waals surface area contributed by atoms with Crippen molar-refractivity contribution in [3.05, 3.63) is 172 Å². The highest BCUT2D eigenvalue weighted by Gasteiger charge is 2.31. The van der Waals surface area contributed by atoms with Gasteiger partial charge in [0.25, 0.3) is 0 Å². The van der Waals surface area contributed by atoms with Crippen molar-refractivity contribution in [3.63, 3.8) is 0 Å². The molecule has 3 N–H and O–H groups in total. The highest BCUT2D eigenvalue weighted by molar-refractivity contribution is 6.00. The van der Waals surface area contributed by atoms with Crippen LogP contribution in [0.4, 0.5) is 43.9 Å². The third-order valence-corrected chi connectivity index (χ3v) is 9.96. The van der Waals surface area contributed by atoms with Crippen molar-refractivity contribution in [3.8, 4) is 33.4 Å². The number of rotatable bonds is 5. The van der Waals surface area contributed by atoms with E-state index in [1.54, 1.807) is 24.3 Å². The highest BCUT2D eigenvalue weighted by Crippen LogP contribution is 2.40. The molecule has 14 heteroatoms. The van der Waals surface area contributed by atoms with Crippen LogP contribution in [0.3, 0.4) is 0 Å². The van der Waals surface area contributed by atoms with E-state index in [1.807, 2.05) is 42.5 Å². The van der Waals surface area contributed by atoms with Crippen molar-refractivity contribution in [2.24, 2.45) is 0 Å². The molecule has 0 saturated heterocycles. The third-order valence-electron chi connectivity index (χ3n) is 9.96. The molecule has 0 radical (unpaired) electrons. The van der Waals surface area contributed by atoms with E-state index in [0.29, 0.717) is 11.1 Å². The molecule has 4 nitrogen and oxygen atoms in total. The summed E-state index contributed by atoms with van der Waals surface area (Å²) in [4.78, 5) is 13.4. The summed E-state index contributed by atoms with van der Waals surface area (Å²) >= 11 is 0. The number of hydrogen-bond acceptors (Lipinski definition) is 1. The average molecular weight is 809 g/mol. The summed E-state index contributed by atoms with van der Waals surface area (Å²) in [6.07, 6.45) is 6.35. The van der Waals surface area contributed by atoms with Gasteiger partial charge in [-0.2, -0.15) is 0 Å². The zero-order valence-corrected chi connectivity index (χ0v) is 29.7. The fourth-order valence-corrected chi connectivity index (χ4v) is 7.15. The standard InChI is InChI=1S/C45H22F10N4/c46-36-34(37(47)41(51)44(54)40(36)50)32-27-14-12-23(56-27)24-13-15-28(57-24)33(35-38(48)42(52)45(55)43(53)39(35)49)30-19-17-26(59-30)31(25-16-18-29(32)58-25)22-10-8-21(9-11-22)7-6-20-4-2-1-3-5-20/h1-19,56,58-59H/b7-6+,24-23?,31-25?,31-26?,32-27?,32-29?,33-28?,33-30?. The molecule has 4 aromatic carbocycles. The van der Waals surface area contributed by atoms with Crippen molar-refractivity contribution >= 4 is 57.4 Å². The monoisotopic (exact) mass is 808 g/mol. The first-order chi connectivity index (χ1) is 28.4. The SMILES string of the molecule is Fc1c(F)c(F)c(-c2c3nc(c4ccc([nH]4)c(-c4c(F)c(F)c(F)c(F)c4F)c4ccc([nH]4)c(-c4ccc(/C=C/c5ccccc5)cc4)c4ccc2[nH]4)C=C3)c(F)c1F. The van der Waals surface area contributed by atoms with Crippen LogP contribution in [0, 0.1) is 58.2 Å². The Labute approximate surface area is 325 Å². The van der Waals surface area contributed by atoms with Crippen LogP contribution in [0.15, 0.2) is 91.0 Å². The van der Waals surface area contributed by atoms with Gasteiger partial charge < -0.3 is 15.0 Å². The molecule has 1 aliphatic rings. The van der Waals surface area contributed by atoms with E-state index in [0.717, 1.165) is 11.1 Å². The predicted octanol–water partition coefficient (Wildman–Crippen LogP) is 13.3. The van der Waals surface area contributed by atoms with Crippen molar-refractivity contribution in [1.29, 1.82) is 0 Å². The topological polar surface area (TPSA) is 60.3 Å². The van der Waals surface area contributed by atoms with Crippen LogP contribution in [0.5, 0.6) is 0 Å². The number of benzene rings is 4. The van der Waals surface area contributed by atoms with Crippen LogP contribution >= 0.6 is 0 Å². The number of aromatic amines is 3.